The number of hydrogen-bond acceptors (Lipinski definition) is 8. The number of likely N-dealkylation sites (tertiary alicyclic amines) is 1. The second-order valence-electron chi connectivity index (χ2n) is 10.9. The molecule has 0 aliphatic carbocycles. The van der Waals surface area contributed by atoms with Gasteiger partial charge in [0, 0.05) is 47.9 Å². The summed E-state index contributed by atoms with van der Waals surface area (Å²) in [6.45, 7) is 8.87. The van der Waals surface area contributed by atoms with Gasteiger partial charge in [0.1, 0.15) is 5.69 Å². The summed E-state index contributed by atoms with van der Waals surface area (Å²) in [7, 11) is 0. The molecule has 2 N–H and O–H groups in total. The van der Waals surface area contributed by atoms with Gasteiger partial charge in [-0.2, -0.15) is 5.26 Å². The number of nitrogens with one attached hydrogen (secondary N) is 1. The fourth-order valence-electron chi connectivity index (χ4n) is 5.73. The maximum Gasteiger partial charge on any atom is 0.223 e. The smallest absolute Gasteiger partial charge is 0.223 e. The molecule has 5 rings (SSSR count). The Hall–Kier alpha value is -3.39. The quantitative estimate of drug-likeness (QED) is 0.491. The van der Waals surface area contributed by atoms with Crippen molar-refractivity contribution in [3.8, 4) is 17.3 Å². The monoisotopic (exact) mass is 534 g/mol. The average molecular weight is 535 g/mol. The van der Waals surface area contributed by atoms with Crippen LogP contribution in [0, 0.1) is 30.0 Å². The van der Waals surface area contributed by atoms with Gasteiger partial charge in [-0.25, -0.2) is 14.4 Å². The van der Waals surface area contributed by atoms with Crippen molar-refractivity contribution in [1.82, 2.24) is 19.4 Å². The molecule has 39 heavy (non-hydrogen) atoms. The van der Waals surface area contributed by atoms with Crippen LogP contribution >= 0.6 is 0 Å². The molecule has 206 valence electrons. The van der Waals surface area contributed by atoms with Crippen molar-refractivity contribution in [2.24, 2.45) is 5.92 Å². The third kappa shape index (κ3) is 5.53. The Balaban J connectivity index is 1.56. The number of nitriles is 1. The van der Waals surface area contributed by atoms with Crippen LogP contribution in [-0.4, -0.2) is 63.0 Å². The minimum atomic E-state index is -0.706. The van der Waals surface area contributed by atoms with Crippen LogP contribution in [0.25, 0.3) is 22.2 Å². The van der Waals surface area contributed by atoms with Gasteiger partial charge in [-0.3, -0.25) is 9.69 Å². The summed E-state index contributed by atoms with van der Waals surface area (Å²) in [5.74, 6) is -0.356. The van der Waals surface area contributed by atoms with Crippen molar-refractivity contribution < 1.29 is 14.2 Å². The SMILES string of the molecule is Cc1c(CN2CCC[C@H](C#N)C2)n(C(C)C)c2cc(-c3nc(N[C@@H]4CCOC[C@H]4O)ncc3F)ccc2c1=O. The predicted octanol–water partition coefficient (Wildman–Crippen LogP) is 3.78. The molecule has 0 unspecified atom stereocenters. The molecule has 0 spiro atoms. The summed E-state index contributed by atoms with van der Waals surface area (Å²) in [5, 5.41) is 23.4. The average Bonchev–Trinajstić information content (AvgIpc) is 2.93. The van der Waals surface area contributed by atoms with Crippen LogP contribution in [0.1, 0.15) is 50.4 Å². The number of piperidine rings is 1. The van der Waals surface area contributed by atoms with E-state index in [4.69, 9.17) is 4.74 Å². The lowest BCUT2D eigenvalue weighted by atomic mass is 9.98. The van der Waals surface area contributed by atoms with E-state index in [0.717, 1.165) is 31.3 Å². The van der Waals surface area contributed by atoms with Crippen LogP contribution < -0.4 is 10.7 Å². The molecule has 9 nitrogen and oxygen atoms in total. The van der Waals surface area contributed by atoms with Crippen molar-refractivity contribution in [1.29, 1.82) is 5.26 Å². The molecule has 0 bridgehead atoms. The number of nitrogens with zero attached hydrogens (tertiary/aromatic N) is 5. The van der Waals surface area contributed by atoms with Gasteiger partial charge in [0.25, 0.3) is 0 Å². The largest absolute Gasteiger partial charge is 0.389 e. The normalized spacial score (nSPS) is 22.2. The highest BCUT2D eigenvalue weighted by molar-refractivity contribution is 5.85. The molecule has 10 heteroatoms. The number of benzene rings is 1. The van der Waals surface area contributed by atoms with E-state index >= 15 is 4.39 Å². The lowest BCUT2D eigenvalue weighted by Gasteiger charge is -2.32. The fourth-order valence-corrected chi connectivity index (χ4v) is 5.73. The number of anilines is 1. The third-order valence-electron chi connectivity index (χ3n) is 7.80. The molecule has 1 aromatic carbocycles. The van der Waals surface area contributed by atoms with Gasteiger partial charge in [-0.1, -0.05) is 6.07 Å². The Morgan fingerprint density at radius 3 is 2.90 bits per heavy atom. The minimum Gasteiger partial charge on any atom is -0.389 e. The maximum atomic E-state index is 15.0. The Labute approximate surface area is 227 Å². The van der Waals surface area contributed by atoms with Crippen LogP contribution in [-0.2, 0) is 11.3 Å². The first kappa shape index (κ1) is 27.2. The standard InChI is InChI=1S/C29H35FN6O3/c1-17(2)36-24-11-20(27-22(30)13-32-29(34-27)33-23-8-10-39-16-26(23)37)6-7-21(24)28(38)18(3)25(36)15-35-9-4-5-19(12-31)14-35/h6-7,11,13,17,19,23,26,37H,4-5,8-10,14-16H2,1-3H3,(H,32,33,34)/t19-,23-,26-/m1/s1. The van der Waals surface area contributed by atoms with E-state index in [-0.39, 0.29) is 41.7 Å². The molecule has 2 saturated heterocycles. The molecule has 3 aromatic rings. The van der Waals surface area contributed by atoms with Crippen LogP contribution in [0.15, 0.2) is 29.2 Å². The summed E-state index contributed by atoms with van der Waals surface area (Å²) < 4.78 is 22.5. The molecule has 0 amide bonds. The van der Waals surface area contributed by atoms with E-state index in [0.29, 0.717) is 48.1 Å². The maximum absolute atomic E-state index is 15.0. The van der Waals surface area contributed by atoms with Gasteiger partial charge in [-0.15, -0.1) is 0 Å². The van der Waals surface area contributed by atoms with Crippen molar-refractivity contribution in [3.05, 3.63) is 51.7 Å². The molecule has 2 fully saturated rings. The van der Waals surface area contributed by atoms with Gasteiger partial charge in [-0.05, 0) is 58.7 Å². The molecule has 4 heterocycles. The number of fused-ring (bicyclic) bond motifs is 1. The van der Waals surface area contributed by atoms with Crippen molar-refractivity contribution in [2.75, 3.05) is 31.6 Å². The molecular formula is C29H35FN6O3. The second kappa shape index (κ2) is 11.4. The molecule has 2 aliphatic rings. The first-order valence-corrected chi connectivity index (χ1v) is 13.6. The number of aromatic nitrogens is 3. The Morgan fingerprint density at radius 1 is 1.33 bits per heavy atom. The van der Waals surface area contributed by atoms with Crippen LogP contribution in [0.3, 0.4) is 0 Å². The molecule has 0 radical (unpaired) electrons. The summed E-state index contributed by atoms with van der Waals surface area (Å²) >= 11 is 0. The number of hydrogen-bond donors (Lipinski definition) is 2. The summed E-state index contributed by atoms with van der Waals surface area (Å²) in [6.07, 6.45) is 2.86. The molecular weight excluding hydrogens is 499 g/mol. The molecule has 2 aliphatic heterocycles. The van der Waals surface area contributed by atoms with Crippen molar-refractivity contribution >= 4 is 16.9 Å². The van der Waals surface area contributed by atoms with E-state index in [2.05, 4.69) is 44.7 Å². The number of pyridine rings is 1. The van der Waals surface area contributed by atoms with Gasteiger partial charge >= 0.3 is 0 Å². The van der Waals surface area contributed by atoms with E-state index in [1.165, 1.54) is 0 Å². The Kier molecular flexibility index (Phi) is 7.93. The van der Waals surface area contributed by atoms with Crippen LogP contribution in [0.5, 0.6) is 0 Å². The van der Waals surface area contributed by atoms with Gasteiger partial charge in [0.15, 0.2) is 11.2 Å². The zero-order valence-corrected chi connectivity index (χ0v) is 22.7. The first-order valence-electron chi connectivity index (χ1n) is 13.6. The summed E-state index contributed by atoms with van der Waals surface area (Å²) in [6, 6.07) is 7.42. The number of ether oxygens (including phenoxy) is 1. The van der Waals surface area contributed by atoms with E-state index in [9.17, 15) is 15.2 Å². The first-order chi connectivity index (χ1) is 18.8. The molecule has 3 atom stereocenters. The van der Waals surface area contributed by atoms with Crippen molar-refractivity contribution in [3.63, 3.8) is 0 Å². The number of halogens is 1. The lowest BCUT2D eigenvalue weighted by Crippen LogP contribution is -2.42. The van der Waals surface area contributed by atoms with E-state index in [1.807, 2.05) is 13.0 Å². The third-order valence-corrected chi connectivity index (χ3v) is 7.80. The van der Waals surface area contributed by atoms with Crippen LogP contribution in [0.2, 0.25) is 0 Å². The van der Waals surface area contributed by atoms with Crippen molar-refractivity contribution in [2.45, 2.75) is 64.8 Å². The van der Waals surface area contributed by atoms with E-state index < -0.39 is 11.9 Å². The molecule has 0 saturated carbocycles. The Morgan fingerprint density at radius 2 is 2.15 bits per heavy atom. The van der Waals surface area contributed by atoms with Gasteiger partial charge < -0.3 is 19.7 Å². The number of aliphatic hydroxyl groups is 1. The topological polar surface area (TPSA) is 116 Å². The van der Waals surface area contributed by atoms with Crippen LogP contribution in [0.4, 0.5) is 10.3 Å². The zero-order chi connectivity index (χ0) is 27.7. The number of rotatable bonds is 6. The fraction of sp³-hybridized carbons (Fsp3) is 0.517. The zero-order valence-electron chi connectivity index (χ0n) is 22.7. The number of aliphatic hydroxyl groups excluding tert-OH is 1. The van der Waals surface area contributed by atoms with Gasteiger partial charge in [0.05, 0.1) is 42.5 Å². The van der Waals surface area contributed by atoms with E-state index in [1.54, 1.807) is 12.1 Å². The predicted molar refractivity (Wildman–Crippen MR) is 147 cm³/mol. The Bertz CT molecular complexity index is 1470. The minimum absolute atomic E-state index is 0.00358. The lowest BCUT2D eigenvalue weighted by molar-refractivity contribution is -0.0136. The van der Waals surface area contributed by atoms with Gasteiger partial charge in [0.2, 0.25) is 5.95 Å². The highest BCUT2D eigenvalue weighted by atomic mass is 19.1. The highest BCUT2D eigenvalue weighted by Crippen LogP contribution is 2.29. The summed E-state index contributed by atoms with van der Waals surface area (Å²) in [4.78, 5) is 24.3. The summed E-state index contributed by atoms with van der Waals surface area (Å²) in [5.41, 5.74) is 2.93. The molecule has 2 aromatic heterocycles. The highest BCUT2D eigenvalue weighted by Gasteiger charge is 2.26. The second-order valence-corrected chi connectivity index (χ2v) is 10.9.